The first kappa shape index (κ1) is 15.5. The number of hydrogen-bond donors (Lipinski definition) is 2. The van der Waals surface area contributed by atoms with Gasteiger partial charge in [-0.1, -0.05) is 12.1 Å². The SMILES string of the molecule is CCN(C(=O)OC(C)(C)C)c1ccc(B(O)O)cc1. The minimum absolute atomic E-state index is 0.379. The molecule has 0 aliphatic carbocycles. The highest BCUT2D eigenvalue weighted by Gasteiger charge is 2.22. The zero-order valence-electron chi connectivity index (χ0n) is 11.8. The van der Waals surface area contributed by atoms with Gasteiger partial charge in [-0.25, -0.2) is 4.79 Å². The van der Waals surface area contributed by atoms with E-state index in [1.807, 2.05) is 27.7 Å². The van der Waals surface area contributed by atoms with Gasteiger partial charge in [-0.2, -0.15) is 0 Å². The minimum Gasteiger partial charge on any atom is -0.443 e. The summed E-state index contributed by atoms with van der Waals surface area (Å²) in [6.07, 6.45) is -0.424. The molecule has 0 radical (unpaired) electrons. The molecule has 0 fully saturated rings. The van der Waals surface area contributed by atoms with E-state index < -0.39 is 18.8 Å². The van der Waals surface area contributed by atoms with Crippen LogP contribution in [0.15, 0.2) is 24.3 Å². The van der Waals surface area contributed by atoms with Crippen LogP contribution < -0.4 is 10.4 Å². The van der Waals surface area contributed by atoms with Gasteiger partial charge in [0.25, 0.3) is 0 Å². The number of nitrogens with zero attached hydrogens (tertiary/aromatic N) is 1. The zero-order valence-corrected chi connectivity index (χ0v) is 11.8. The van der Waals surface area contributed by atoms with Crippen molar-refractivity contribution in [3.8, 4) is 0 Å². The van der Waals surface area contributed by atoms with Gasteiger partial charge in [-0.15, -0.1) is 0 Å². The Labute approximate surface area is 114 Å². The quantitative estimate of drug-likeness (QED) is 0.804. The molecule has 0 atom stereocenters. The molecule has 0 spiro atoms. The van der Waals surface area contributed by atoms with Crippen LogP contribution in [0.4, 0.5) is 10.5 Å². The highest BCUT2D eigenvalue weighted by Crippen LogP contribution is 2.17. The van der Waals surface area contributed by atoms with Crippen molar-refractivity contribution in [3.05, 3.63) is 24.3 Å². The van der Waals surface area contributed by atoms with E-state index in [1.54, 1.807) is 24.3 Å². The van der Waals surface area contributed by atoms with Crippen LogP contribution in [0.5, 0.6) is 0 Å². The summed E-state index contributed by atoms with van der Waals surface area (Å²) in [5.41, 5.74) is 0.483. The number of ether oxygens (including phenoxy) is 1. The smallest absolute Gasteiger partial charge is 0.443 e. The zero-order chi connectivity index (χ0) is 14.6. The molecule has 0 aliphatic rings. The molecule has 19 heavy (non-hydrogen) atoms. The Balaban J connectivity index is 2.88. The Morgan fingerprint density at radius 1 is 1.26 bits per heavy atom. The Hall–Kier alpha value is -1.53. The lowest BCUT2D eigenvalue weighted by Gasteiger charge is -2.26. The van der Waals surface area contributed by atoms with Gasteiger partial charge in [-0.05, 0) is 45.3 Å². The first-order valence-corrected chi connectivity index (χ1v) is 6.21. The number of anilines is 1. The summed E-state index contributed by atoms with van der Waals surface area (Å²) in [5, 5.41) is 18.0. The van der Waals surface area contributed by atoms with Gasteiger partial charge >= 0.3 is 13.2 Å². The molecule has 1 amide bonds. The third-order valence-electron chi connectivity index (χ3n) is 2.43. The van der Waals surface area contributed by atoms with E-state index in [1.165, 1.54) is 4.90 Å². The number of carbonyl (C=O) groups excluding carboxylic acids is 1. The molecular formula is C13H20BNO4. The summed E-state index contributed by atoms with van der Waals surface area (Å²) in [5.74, 6) is 0. The van der Waals surface area contributed by atoms with Gasteiger partial charge in [-0.3, -0.25) is 4.90 Å². The number of carbonyl (C=O) groups is 1. The average molecular weight is 265 g/mol. The van der Waals surface area contributed by atoms with Crippen LogP contribution >= 0.6 is 0 Å². The van der Waals surface area contributed by atoms with Crippen molar-refractivity contribution in [2.45, 2.75) is 33.3 Å². The molecule has 0 bridgehead atoms. The maximum atomic E-state index is 12.0. The van der Waals surface area contributed by atoms with Crippen LogP contribution in [0.2, 0.25) is 0 Å². The monoisotopic (exact) mass is 265 g/mol. The van der Waals surface area contributed by atoms with E-state index in [4.69, 9.17) is 14.8 Å². The van der Waals surface area contributed by atoms with E-state index in [0.29, 0.717) is 17.7 Å². The molecule has 1 rings (SSSR count). The number of benzene rings is 1. The van der Waals surface area contributed by atoms with Crippen LogP contribution in [-0.2, 0) is 4.74 Å². The second-order valence-corrected chi connectivity index (χ2v) is 5.19. The highest BCUT2D eigenvalue weighted by molar-refractivity contribution is 6.58. The van der Waals surface area contributed by atoms with Gasteiger partial charge < -0.3 is 14.8 Å². The van der Waals surface area contributed by atoms with Crippen molar-refractivity contribution in [1.29, 1.82) is 0 Å². The van der Waals surface area contributed by atoms with Crippen molar-refractivity contribution in [1.82, 2.24) is 0 Å². The predicted octanol–water partition coefficient (Wildman–Crippen LogP) is 1.13. The van der Waals surface area contributed by atoms with Crippen molar-refractivity contribution in [2.24, 2.45) is 0 Å². The fraction of sp³-hybridized carbons (Fsp3) is 0.462. The Kier molecular flexibility index (Phi) is 4.97. The van der Waals surface area contributed by atoms with Crippen LogP contribution in [0.1, 0.15) is 27.7 Å². The third-order valence-corrected chi connectivity index (χ3v) is 2.43. The fourth-order valence-electron chi connectivity index (χ4n) is 1.56. The lowest BCUT2D eigenvalue weighted by Crippen LogP contribution is -2.37. The molecule has 0 saturated carbocycles. The topological polar surface area (TPSA) is 70.0 Å². The molecule has 1 aromatic carbocycles. The first-order valence-electron chi connectivity index (χ1n) is 6.21. The molecule has 0 heterocycles. The van der Waals surface area contributed by atoms with E-state index >= 15 is 0 Å². The Bertz CT molecular complexity index is 425. The normalized spacial score (nSPS) is 11.1. The van der Waals surface area contributed by atoms with Crippen molar-refractivity contribution >= 4 is 24.4 Å². The van der Waals surface area contributed by atoms with E-state index in [2.05, 4.69) is 0 Å². The standard InChI is InChI=1S/C13H20BNO4/c1-5-15(12(16)19-13(2,3)4)11-8-6-10(7-9-11)14(17)18/h6-9,17-18H,5H2,1-4H3. The lowest BCUT2D eigenvalue weighted by atomic mass is 9.80. The van der Waals surface area contributed by atoms with Gasteiger partial charge in [0.2, 0.25) is 0 Å². The molecule has 0 aliphatic heterocycles. The highest BCUT2D eigenvalue weighted by atomic mass is 16.6. The lowest BCUT2D eigenvalue weighted by molar-refractivity contribution is 0.0582. The Morgan fingerprint density at radius 2 is 1.79 bits per heavy atom. The van der Waals surface area contributed by atoms with Gasteiger partial charge in [0, 0.05) is 12.2 Å². The number of rotatable bonds is 3. The van der Waals surface area contributed by atoms with Gasteiger partial charge in [0.1, 0.15) is 5.60 Å². The van der Waals surface area contributed by atoms with Crippen molar-refractivity contribution < 1.29 is 19.6 Å². The van der Waals surface area contributed by atoms with Crippen LogP contribution in [-0.4, -0.2) is 35.4 Å². The van der Waals surface area contributed by atoms with Crippen molar-refractivity contribution in [2.75, 3.05) is 11.4 Å². The number of hydrogen-bond acceptors (Lipinski definition) is 4. The van der Waals surface area contributed by atoms with Crippen LogP contribution in [0, 0.1) is 0 Å². The summed E-state index contributed by atoms with van der Waals surface area (Å²) in [6, 6.07) is 6.43. The molecule has 0 aromatic heterocycles. The van der Waals surface area contributed by atoms with Crippen LogP contribution in [0.25, 0.3) is 0 Å². The molecule has 1 aromatic rings. The maximum absolute atomic E-state index is 12.0. The van der Waals surface area contributed by atoms with Gasteiger partial charge in [0.15, 0.2) is 0 Å². The summed E-state index contributed by atoms with van der Waals surface area (Å²) in [7, 11) is -1.51. The molecule has 2 N–H and O–H groups in total. The molecular weight excluding hydrogens is 245 g/mol. The molecule has 0 unspecified atom stereocenters. The first-order chi connectivity index (χ1) is 8.74. The number of amides is 1. The molecule has 104 valence electrons. The van der Waals surface area contributed by atoms with E-state index in [-0.39, 0.29) is 0 Å². The van der Waals surface area contributed by atoms with E-state index in [9.17, 15) is 4.79 Å². The second kappa shape index (κ2) is 6.08. The molecule has 0 saturated heterocycles. The molecule has 5 nitrogen and oxygen atoms in total. The van der Waals surface area contributed by atoms with Crippen molar-refractivity contribution in [3.63, 3.8) is 0 Å². The summed E-state index contributed by atoms with van der Waals surface area (Å²) in [6.45, 7) is 7.74. The largest absolute Gasteiger partial charge is 0.488 e. The second-order valence-electron chi connectivity index (χ2n) is 5.19. The minimum atomic E-state index is -1.51. The van der Waals surface area contributed by atoms with Crippen LogP contribution in [0.3, 0.4) is 0 Å². The summed E-state index contributed by atoms with van der Waals surface area (Å²) in [4.78, 5) is 13.5. The maximum Gasteiger partial charge on any atom is 0.488 e. The average Bonchev–Trinajstić information content (AvgIpc) is 2.28. The summed E-state index contributed by atoms with van der Waals surface area (Å²) >= 11 is 0. The third kappa shape index (κ3) is 4.57. The fourth-order valence-corrected chi connectivity index (χ4v) is 1.56. The molecule has 6 heteroatoms. The summed E-state index contributed by atoms with van der Waals surface area (Å²) < 4.78 is 5.31. The van der Waals surface area contributed by atoms with E-state index in [0.717, 1.165) is 0 Å². The van der Waals surface area contributed by atoms with Gasteiger partial charge in [0.05, 0.1) is 0 Å². The Morgan fingerprint density at radius 3 is 2.16 bits per heavy atom. The predicted molar refractivity (Wildman–Crippen MR) is 75.5 cm³/mol.